The number of fused-ring (bicyclic) bond motifs is 8. The monoisotopic (exact) mass is 828 g/mol. The van der Waals surface area contributed by atoms with E-state index in [1.54, 1.807) is 24.3 Å². The molecule has 0 spiro atoms. The van der Waals surface area contributed by atoms with Crippen molar-refractivity contribution >= 4 is 77.1 Å². The van der Waals surface area contributed by atoms with Gasteiger partial charge in [-0.3, -0.25) is 0 Å². The van der Waals surface area contributed by atoms with Crippen molar-refractivity contribution in [1.29, 1.82) is 0 Å². The number of furan rings is 2. The molecule has 10 aromatic carbocycles. The Balaban J connectivity index is 1.06. The summed E-state index contributed by atoms with van der Waals surface area (Å²) in [4.78, 5) is 10.4. The molecule has 1 N–H and O–H groups in total. The Labute approximate surface area is 380 Å². The summed E-state index contributed by atoms with van der Waals surface area (Å²) in [5, 5.41) is 8.48. The van der Waals surface area contributed by atoms with Crippen LogP contribution in [0.4, 0.5) is 0 Å². The molecule has 3 heterocycles. The van der Waals surface area contributed by atoms with Crippen molar-refractivity contribution in [1.82, 2.24) is 5.32 Å². The molecule has 5 nitrogen and oxygen atoms in total. The summed E-state index contributed by atoms with van der Waals surface area (Å²) < 4.78 is 93.4. The maximum Gasteiger partial charge on any atom is 0.163 e. The number of amidine groups is 2. The van der Waals surface area contributed by atoms with E-state index in [9.17, 15) is 2.74 Å². The van der Waals surface area contributed by atoms with Gasteiger partial charge in [0.2, 0.25) is 0 Å². The summed E-state index contributed by atoms with van der Waals surface area (Å²) in [7, 11) is 0. The number of aliphatic imine (C=N–C) groups is 2. The van der Waals surface area contributed by atoms with Crippen molar-refractivity contribution in [3.05, 3.63) is 229 Å². The third kappa shape index (κ3) is 5.79. The van der Waals surface area contributed by atoms with Gasteiger partial charge in [0.25, 0.3) is 0 Å². The molecule has 12 aromatic rings. The van der Waals surface area contributed by atoms with Gasteiger partial charge in [0, 0.05) is 32.7 Å². The zero-order valence-electron chi connectivity index (χ0n) is 42.8. The van der Waals surface area contributed by atoms with Gasteiger partial charge in [-0.05, 0) is 85.2 Å². The zero-order valence-corrected chi connectivity index (χ0v) is 33.8. The average molecular weight is 829 g/mol. The lowest BCUT2D eigenvalue weighted by Crippen LogP contribution is -2.33. The highest BCUT2D eigenvalue weighted by molar-refractivity contribution is 6.23. The van der Waals surface area contributed by atoms with E-state index in [2.05, 4.69) is 17.4 Å². The van der Waals surface area contributed by atoms with Gasteiger partial charge in [0.15, 0.2) is 5.84 Å². The maximum atomic E-state index is 9.45. The van der Waals surface area contributed by atoms with Gasteiger partial charge in [0.1, 0.15) is 34.3 Å². The van der Waals surface area contributed by atoms with E-state index in [1.807, 2.05) is 121 Å². The Morgan fingerprint density at radius 1 is 0.438 bits per heavy atom. The SMILES string of the molecule is [2H]c1cc(-c2ccccc2)c2oc3ccc([2H])c(-c4ccc(C5=NC(c6c([2H])c([2H])c([2H])c7c6oc6c([2H])c([2H])c([2H])c([2H])c67)=NC(c6cc(-c7ccccc7)c7ccccc7c6)N5)c5ccccc45)c3c2c1. The molecule has 2 aromatic heterocycles. The number of benzene rings is 10. The summed E-state index contributed by atoms with van der Waals surface area (Å²) in [6, 6.07) is 48.2. The van der Waals surface area contributed by atoms with Crippen LogP contribution in [0.2, 0.25) is 0 Å². The van der Waals surface area contributed by atoms with Gasteiger partial charge in [-0.2, -0.15) is 0 Å². The highest BCUT2D eigenvalue weighted by Gasteiger charge is 2.26. The zero-order chi connectivity index (χ0) is 50.0. The van der Waals surface area contributed by atoms with Crippen molar-refractivity contribution in [2.45, 2.75) is 6.17 Å². The van der Waals surface area contributed by atoms with E-state index in [0.29, 0.717) is 39.6 Å². The fraction of sp³-hybridized carbons (Fsp3) is 0.0169. The summed E-state index contributed by atoms with van der Waals surface area (Å²) >= 11 is 0. The highest BCUT2D eigenvalue weighted by atomic mass is 16.3. The molecule has 1 aliphatic heterocycles. The van der Waals surface area contributed by atoms with E-state index in [0.717, 1.165) is 60.3 Å². The van der Waals surface area contributed by atoms with Crippen LogP contribution in [0.3, 0.4) is 0 Å². The van der Waals surface area contributed by atoms with Gasteiger partial charge >= 0.3 is 0 Å². The minimum Gasteiger partial charge on any atom is -0.455 e. The van der Waals surface area contributed by atoms with E-state index in [1.165, 1.54) is 0 Å². The van der Waals surface area contributed by atoms with Gasteiger partial charge < -0.3 is 14.2 Å². The summed E-state index contributed by atoms with van der Waals surface area (Å²) in [6.45, 7) is 0. The van der Waals surface area contributed by atoms with Crippen molar-refractivity contribution in [2.24, 2.45) is 9.98 Å². The van der Waals surface area contributed by atoms with Crippen LogP contribution in [-0.4, -0.2) is 11.7 Å². The van der Waals surface area contributed by atoms with Crippen molar-refractivity contribution < 1.29 is 21.2 Å². The predicted octanol–water partition coefficient (Wildman–Crippen LogP) is 15.3. The third-order valence-corrected chi connectivity index (χ3v) is 12.1. The third-order valence-electron chi connectivity index (χ3n) is 12.1. The lowest BCUT2D eigenvalue weighted by Gasteiger charge is -2.25. The van der Waals surface area contributed by atoms with Crippen LogP contribution >= 0.6 is 0 Å². The van der Waals surface area contributed by atoms with Crippen molar-refractivity contribution in [2.75, 3.05) is 0 Å². The van der Waals surface area contributed by atoms with Gasteiger partial charge in [-0.25, -0.2) is 9.98 Å². The molecule has 1 atom stereocenters. The number of hydrogen-bond acceptors (Lipinski definition) is 5. The number of para-hydroxylation sites is 3. The predicted molar refractivity (Wildman–Crippen MR) is 264 cm³/mol. The smallest absolute Gasteiger partial charge is 0.163 e. The largest absolute Gasteiger partial charge is 0.455 e. The van der Waals surface area contributed by atoms with Gasteiger partial charge in [0.05, 0.1) is 17.9 Å². The molecule has 1 aliphatic rings. The van der Waals surface area contributed by atoms with Crippen LogP contribution < -0.4 is 5.32 Å². The number of hydrogen-bond donors (Lipinski definition) is 1. The summed E-state index contributed by atoms with van der Waals surface area (Å²) in [5.41, 5.74) is 7.26. The molecule has 5 heteroatoms. The normalized spacial score (nSPS) is 16.1. The molecule has 300 valence electrons. The van der Waals surface area contributed by atoms with E-state index < -0.39 is 48.5 Å². The van der Waals surface area contributed by atoms with Gasteiger partial charge in [-0.1, -0.05) is 182 Å². The second-order valence-corrected chi connectivity index (χ2v) is 15.8. The Bertz CT molecular complexity index is 4420. The lowest BCUT2D eigenvalue weighted by molar-refractivity contribution is 0.663. The van der Waals surface area contributed by atoms with E-state index >= 15 is 0 Å². The van der Waals surface area contributed by atoms with Crippen molar-refractivity contribution in [3.8, 4) is 33.4 Å². The molecular weight excluding hydrogens is 783 g/mol. The first-order valence-electron chi connectivity index (χ1n) is 25.4. The molecule has 0 fully saturated rings. The van der Waals surface area contributed by atoms with Crippen LogP contribution in [0, 0.1) is 0 Å². The highest BCUT2D eigenvalue weighted by Crippen LogP contribution is 2.43. The van der Waals surface area contributed by atoms with E-state index in [4.69, 9.17) is 28.4 Å². The molecule has 0 radical (unpaired) electrons. The molecular formula is C59H37N3O2. The molecule has 0 saturated heterocycles. The average Bonchev–Trinajstić information content (AvgIpc) is 4.00. The first-order valence-corrected chi connectivity index (χ1v) is 20.9. The second-order valence-electron chi connectivity index (χ2n) is 15.8. The van der Waals surface area contributed by atoms with Crippen LogP contribution in [-0.2, 0) is 0 Å². The first-order chi connectivity index (χ1) is 35.4. The molecule has 0 aliphatic carbocycles. The lowest BCUT2D eigenvalue weighted by atomic mass is 9.91. The Morgan fingerprint density at radius 3 is 1.97 bits per heavy atom. The van der Waals surface area contributed by atoms with Crippen LogP contribution in [0.15, 0.2) is 231 Å². The van der Waals surface area contributed by atoms with Crippen molar-refractivity contribution in [3.63, 3.8) is 0 Å². The standard InChI is InChI=1S/C59H37N3O2/c1-3-16-36(17-4-1)41-25-13-28-49-54-46(26-15-31-53(54)64-55(41)49)44-32-33-48(43-23-10-9-22-42(43)44)58-60-57(39-34-38-20-7-8-21-40(38)51(35-39)37-18-5-2-6-19-37)61-59(62-58)50-29-14-27-47-45-24-11-12-30-52(45)63-56(47)50/h1-35,57H,(H,60,61,62)/i11D,12D,13D,14D,24D,26D,27D,29D,30D. The second kappa shape index (κ2) is 14.5. The summed E-state index contributed by atoms with van der Waals surface area (Å²) in [5.74, 6) is 0.341. The molecule has 0 amide bonds. The summed E-state index contributed by atoms with van der Waals surface area (Å²) in [6.07, 6.45) is -0.862. The van der Waals surface area contributed by atoms with E-state index in [-0.39, 0.29) is 39.4 Å². The van der Waals surface area contributed by atoms with Gasteiger partial charge in [-0.15, -0.1) is 0 Å². The fourth-order valence-electron chi connectivity index (χ4n) is 9.19. The molecule has 13 rings (SSSR count). The van der Waals surface area contributed by atoms with Crippen LogP contribution in [0.1, 0.15) is 35.2 Å². The minimum absolute atomic E-state index is 0.0114. The number of nitrogens with one attached hydrogen (secondary N) is 1. The molecule has 1 unspecified atom stereocenters. The number of nitrogens with zero attached hydrogens (tertiary/aromatic N) is 2. The maximum absolute atomic E-state index is 9.45. The van der Waals surface area contributed by atoms with Crippen LogP contribution in [0.25, 0.3) is 98.8 Å². The first kappa shape index (κ1) is 28.1. The Morgan fingerprint density at radius 2 is 1.12 bits per heavy atom. The van der Waals surface area contributed by atoms with Crippen LogP contribution in [0.5, 0.6) is 0 Å². The molecule has 0 bridgehead atoms. The number of rotatable bonds is 6. The Kier molecular flexibility index (Phi) is 6.39. The Hall–Kier alpha value is -8.54. The molecule has 64 heavy (non-hydrogen) atoms. The quantitative estimate of drug-likeness (QED) is 0.182. The topological polar surface area (TPSA) is 63.0 Å². The molecule has 0 saturated carbocycles. The fourth-order valence-corrected chi connectivity index (χ4v) is 9.19. The minimum atomic E-state index is -0.862.